The van der Waals surface area contributed by atoms with Crippen LogP contribution >= 0.6 is 46.3 Å². The highest BCUT2D eigenvalue weighted by atomic mass is 35.5. The Hall–Kier alpha value is -1.08. The second-order valence-corrected chi connectivity index (χ2v) is 7.11. The number of nitrogens with one attached hydrogen (secondary N) is 1. The molecule has 0 aliphatic carbocycles. The molecule has 4 nitrogen and oxygen atoms in total. The maximum Gasteiger partial charge on any atom is 0.250 e. The SMILES string of the molecule is CCSc1nnc(NC(=O)C=Cc2ccc(Cl)c(Cl)c2)s1. The van der Waals surface area contributed by atoms with E-state index in [1.807, 2.05) is 6.92 Å². The van der Waals surface area contributed by atoms with Gasteiger partial charge in [-0.25, -0.2) is 0 Å². The highest BCUT2D eigenvalue weighted by Crippen LogP contribution is 2.25. The molecule has 8 heteroatoms. The lowest BCUT2D eigenvalue weighted by Gasteiger charge is -1.98. The molecule has 1 aromatic carbocycles. The minimum atomic E-state index is -0.273. The maximum absolute atomic E-state index is 11.8. The van der Waals surface area contributed by atoms with Gasteiger partial charge in [-0.3, -0.25) is 10.1 Å². The molecule has 0 radical (unpaired) electrons. The number of carbonyl (C=O) groups excluding carboxylic acids is 1. The third kappa shape index (κ3) is 5.00. The number of nitrogens with zero attached hydrogens (tertiary/aromatic N) is 2. The lowest BCUT2D eigenvalue weighted by molar-refractivity contribution is -0.111. The molecule has 0 bridgehead atoms. The molecule has 1 N–H and O–H groups in total. The zero-order valence-electron chi connectivity index (χ0n) is 11.0. The van der Waals surface area contributed by atoms with Crippen LogP contribution in [-0.2, 0) is 4.79 Å². The standard InChI is InChI=1S/C13H11Cl2N3OS2/c1-2-20-13-18-17-12(21-13)16-11(19)6-4-8-3-5-9(14)10(15)7-8/h3-7H,2H2,1H3,(H,16,17,19). The number of thioether (sulfide) groups is 1. The van der Waals surface area contributed by atoms with Crippen LogP contribution in [0.3, 0.4) is 0 Å². The van der Waals surface area contributed by atoms with Gasteiger partial charge in [0.05, 0.1) is 10.0 Å². The second kappa shape index (κ2) is 7.79. The number of hydrogen-bond acceptors (Lipinski definition) is 5. The fourth-order valence-corrected chi connectivity index (χ4v) is 3.34. The summed E-state index contributed by atoms with van der Waals surface area (Å²) in [5.41, 5.74) is 0.791. The van der Waals surface area contributed by atoms with Crippen molar-refractivity contribution in [1.82, 2.24) is 10.2 Å². The monoisotopic (exact) mass is 359 g/mol. The summed E-state index contributed by atoms with van der Waals surface area (Å²) in [6.07, 6.45) is 3.06. The van der Waals surface area contributed by atoms with Crippen molar-refractivity contribution >= 4 is 63.4 Å². The summed E-state index contributed by atoms with van der Waals surface area (Å²) in [6.45, 7) is 2.03. The third-order valence-electron chi connectivity index (χ3n) is 2.28. The predicted molar refractivity (Wildman–Crippen MR) is 90.4 cm³/mol. The molecule has 2 rings (SSSR count). The van der Waals surface area contributed by atoms with Crippen LogP contribution in [0.25, 0.3) is 6.08 Å². The van der Waals surface area contributed by atoms with Gasteiger partial charge >= 0.3 is 0 Å². The largest absolute Gasteiger partial charge is 0.297 e. The molecule has 0 atom stereocenters. The van der Waals surface area contributed by atoms with Crippen molar-refractivity contribution in [3.05, 3.63) is 39.9 Å². The van der Waals surface area contributed by atoms with Crippen LogP contribution in [-0.4, -0.2) is 21.9 Å². The van der Waals surface area contributed by atoms with E-state index in [-0.39, 0.29) is 5.91 Å². The van der Waals surface area contributed by atoms with E-state index in [9.17, 15) is 4.79 Å². The van der Waals surface area contributed by atoms with Gasteiger partial charge in [-0.05, 0) is 29.5 Å². The molecular weight excluding hydrogens is 349 g/mol. The Kier molecular flexibility index (Phi) is 6.05. The molecule has 0 aliphatic heterocycles. The zero-order chi connectivity index (χ0) is 15.2. The first-order valence-electron chi connectivity index (χ1n) is 5.99. The van der Waals surface area contributed by atoms with Crippen LogP contribution in [0.15, 0.2) is 28.6 Å². The van der Waals surface area contributed by atoms with Gasteiger partial charge in [-0.15, -0.1) is 10.2 Å². The van der Waals surface area contributed by atoms with Gasteiger partial charge in [0, 0.05) is 6.08 Å². The topological polar surface area (TPSA) is 54.9 Å². The highest BCUT2D eigenvalue weighted by molar-refractivity contribution is 8.01. The summed E-state index contributed by atoms with van der Waals surface area (Å²) in [5.74, 6) is 0.644. The fraction of sp³-hybridized carbons (Fsp3) is 0.154. The Balaban J connectivity index is 1.96. The van der Waals surface area contributed by atoms with E-state index in [1.165, 1.54) is 17.4 Å². The maximum atomic E-state index is 11.8. The molecule has 0 fully saturated rings. The zero-order valence-corrected chi connectivity index (χ0v) is 14.1. The highest BCUT2D eigenvalue weighted by Gasteiger charge is 2.06. The van der Waals surface area contributed by atoms with E-state index in [4.69, 9.17) is 23.2 Å². The van der Waals surface area contributed by atoms with E-state index >= 15 is 0 Å². The molecule has 0 saturated carbocycles. The molecule has 1 heterocycles. The minimum absolute atomic E-state index is 0.273. The summed E-state index contributed by atoms with van der Waals surface area (Å²) in [5, 5.41) is 11.9. The molecule has 0 unspecified atom stereocenters. The fourth-order valence-electron chi connectivity index (χ4n) is 1.38. The number of rotatable bonds is 5. The van der Waals surface area contributed by atoms with E-state index in [1.54, 1.807) is 36.0 Å². The number of aromatic nitrogens is 2. The second-order valence-electron chi connectivity index (χ2n) is 3.80. The van der Waals surface area contributed by atoms with Gasteiger partial charge in [-0.2, -0.15) is 0 Å². The average Bonchev–Trinajstić information content (AvgIpc) is 2.88. The molecular formula is C13H11Cl2N3OS2. The summed E-state index contributed by atoms with van der Waals surface area (Å²) in [4.78, 5) is 11.8. The van der Waals surface area contributed by atoms with Crippen molar-refractivity contribution in [1.29, 1.82) is 0 Å². The molecule has 0 aliphatic rings. The quantitative estimate of drug-likeness (QED) is 0.481. The molecule has 2 aromatic rings. The summed E-state index contributed by atoms with van der Waals surface area (Å²) < 4.78 is 0.835. The Morgan fingerprint density at radius 2 is 2.19 bits per heavy atom. The minimum Gasteiger partial charge on any atom is -0.297 e. The Bertz CT molecular complexity index is 673. The van der Waals surface area contributed by atoms with Crippen molar-refractivity contribution in [2.75, 3.05) is 11.1 Å². The van der Waals surface area contributed by atoms with Gasteiger partial charge in [-0.1, -0.05) is 59.3 Å². The normalized spacial score (nSPS) is 11.0. The van der Waals surface area contributed by atoms with E-state index in [0.29, 0.717) is 15.2 Å². The van der Waals surface area contributed by atoms with Crippen LogP contribution in [0.4, 0.5) is 5.13 Å². The Morgan fingerprint density at radius 3 is 2.90 bits per heavy atom. The van der Waals surface area contributed by atoms with Crippen LogP contribution in [0.1, 0.15) is 12.5 Å². The smallest absolute Gasteiger partial charge is 0.250 e. The third-order valence-corrected chi connectivity index (χ3v) is 4.87. The van der Waals surface area contributed by atoms with Crippen molar-refractivity contribution in [3.63, 3.8) is 0 Å². The van der Waals surface area contributed by atoms with Gasteiger partial charge in [0.1, 0.15) is 0 Å². The van der Waals surface area contributed by atoms with Crippen molar-refractivity contribution in [2.45, 2.75) is 11.3 Å². The van der Waals surface area contributed by atoms with Crippen LogP contribution in [0.5, 0.6) is 0 Å². The average molecular weight is 360 g/mol. The van der Waals surface area contributed by atoms with Gasteiger partial charge < -0.3 is 0 Å². The number of amides is 1. The van der Waals surface area contributed by atoms with Gasteiger partial charge in [0.2, 0.25) is 11.0 Å². The lowest BCUT2D eigenvalue weighted by Crippen LogP contribution is -2.07. The predicted octanol–water partition coefficient (Wildman–Crippen LogP) is 4.61. The first kappa shape index (κ1) is 16.3. The van der Waals surface area contributed by atoms with Crippen LogP contribution in [0, 0.1) is 0 Å². The molecule has 0 spiro atoms. The summed E-state index contributed by atoms with van der Waals surface area (Å²) in [6, 6.07) is 5.15. The number of anilines is 1. The van der Waals surface area contributed by atoms with Crippen molar-refractivity contribution < 1.29 is 4.79 Å². The van der Waals surface area contributed by atoms with Crippen molar-refractivity contribution in [2.24, 2.45) is 0 Å². The van der Waals surface area contributed by atoms with Gasteiger partial charge in [0.15, 0.2) is 4.34 Å². The molecule has 1 amide bonds. The Morgan fingerprint density at radius 1 is 1.38 bits per heavy atom. The lowest BCUT2D eigenvalue weighted by atomic mass is 10.2. The first-order valence-corrected chi connectivity index (χ1v) is 8.54. The summed E-state index contributed by atoms with van der Waals surface area (Å²) in [7, 11) is 0. The van der Waals surface area contributed by atoms with E-state index in [2.05, 4.69) is 15.5 Å². The number of carbonyl (C=O) groups is 1. The number of hydrogen-bond donors (Lipinski definition) is 1. The van der Waals surface area contributed by atoms with E-state index < -0.39 is 0 Å². The van der Waals surface area contributed by atoms with Crippen molar-refractivity contribution in [3.8, 4) is 0 Å². The van der Waals surface area contributed by atoms with Gasteiger partial charge in [0.25, 0.3) is 0 Å². The van der Waals surface area contributed by atoms with Crippen LogP contribution in [0.2, 0.25) is 10.0 Å². The molecule has 1 aromatic heterocycles. The Labute approximate surface area is 140 Å². The molecule has 0 saturated heterocycles. The summed E-state index contributed by atoms with van der Waals surface area (Å²) >= 11 is 14.7. The molecule has 110 valence electrons. The number of benzene rings is 1. The molecule has 21 heavy (non-hydrogen) atoms. The van der Waals surface area contributed by atoms with E-state index in [0.717, 1.165) is 15.7 Å². The first-order chi connectivity index (χ1) is 10.1. The van der Waals surface area contributed by atoms with Crippen LogP contribution < -0.4 is 5.32 Å². The number of halogens is 2.